The fraction of sp³-hybridized carbons (Fsp3) is 0.160. The Bertz CT molecular complexity index is 1230. The van der Waals surface area contributed by atoms with Crippen molar-refractivity contribution in [2.45, 2.75) is 30.8 Å². The molecule has 1 heterocycles. The van der Waals surface area contributed by atoms with Gasteiger partial charge in [-0.15, -0.1) is 10.2 Å². The minimum atomic E-state index is -0.384. The van der Waals surface area contributed by atoms with Gasteiger partial charge in [0, 0.05) is 16.4 Å². The van der Waals surface area contributed by atoms with E-state index in [1.165, 1.54) is 17.3 Å². The van der Waals surface area contributed by atoms with E-state index in [-0.39, 0.29) is 11.2 Å². The zero-order valence-electron chi connectivity index (χ0n) is 18.3. The van der Waals surface area contributed by atoms with Crippen molar-refractivity contribution >= 4 is 40.6 Å². The van der Waals surface area contributed by atoms with Crippen LogP contribution in [0.25, 0.3) is 5.69 Å². The van der Waals surface area contributed by atoms with Gasteiger partial charge in [-0.3, -0.25) is 9.36 Å². The molecule has 6 nitrogen and oxygen atoms in total. The number of amides is 1. The molecule has 0 aliphatic carbocycles. The monoisotopic (exact) mass is 477 g/mol. The number of nitrogens with one attached hydrogen (secondary N) is 2. The van der Waals surface area contributed by atoms with Crippen molar-refractivity contribution in [3.63, 3.8) is 0 Å². The van der Waals surface area contributed by atoms with E-state index in [2.05, 4.69) is 39.9 Å². The lowest BCUT2D eigenvalue weighted by Crippen LogP contribution is -2.23. The number of halogens is 1. The molecule has 4 rings (SSSR count). The van der Waals surface area contributed by atoms with Crippen LogP contribution >= 0.6 is 23.4 Å². The summed E-state index contributed by atoms with van der Waals surface area (Å²) in [5.41, 5.74) is 3.79. The number of thioether (sulfide) groups is 1. The molecule has 2 N–H and O–H groups in total. The molecule has 1 aromatic heterocycles. The van der Waals surface area contributed by atoms with E-state index in [4.69, 9.17) is 11.6 Å². The number of para-hydroxylation sites is 1. The van der Waals surface area contributed by atoms with Gasteiger partial charge in [-0.2, -0.15) is 0 Å². The van der Waals surface area contributed by atoms with Crippen LogP contribution in [0.5, 0.6) is 0 Å². The molecule has 1 atom stereocenters. The molecule has 0 fully saturated rings. The van der Waals surface area contributed by atoms with Gasteiger partial charge in [0.2, 0.25) is 5.91 Å². The highest BCUT2D eigenvalue weighted by Gasteiger charge is 2.21. The van der Waals surface area contributed by atoms with Crippen molar-refractivity contribution in [1.82, 2.24) is 14.8 Å². The molecule has 0 spiro atoms. The summed E-state index contributed by atoms with van der Waals surface area (Å²) in [7, 11) is 0. The van der Waals surface area contributed by atoms with Crippen molar-refractivity contribution in [1.29, 1.82) is 0 Å². The van der Waals surface area contributed by atoms with E-state index >= 15 is 0 Å². The summed E-state index contributed by atoms with van der Waals surface area (Å²) < 4.78 is 1.93. The van der Waals surface area contributed by atoms with E-state index in [1.54, 1.807) is 0 Å². The van der Waals surface area contributed by atoms with Crippen molar-refractivity contribution in [2.24, 2.45) is 0 Å². The number of hydrogen-bond acceptors (Lipinski definition) is 5. The van der Waals surface area contributed by atoms with E-state index in [1.807, 2.05) is 78.2 Å². The van der Waals surface area contributed by atoms with Gasteiger partial charge >= 0.3 is 0 Å². The van der Waals surface area contributed by atoms with Gasteiger partial charge in [-0.05, 0) is 56.3 Å². The summed E-state index contributed by atoms with van der Waals surface area (Å²) in [4.78, 5) is 12.7. The Balaban J connectivity index is 1.56. The number of hydrogen-bond donors (Lipinski definition) is 2. The second-order valence-corrected chi connectivity index (χ2v) is 9.29. The molecular formula is C25H24ClN5OS. The Morgan fingerprint density at radius 1 is 1.00 bits per heavy atom. The average molecular weight is 478 g/mol. The maximum absolute atomic E-state index is 12.7. The van der Waals surface area contributed by atoms with Crippen LogP contribution in [0, 0.1) is 6.92 Å². The maximum Gasteiger partial charge on any atom is 0.237 e. The quantitative estimate of drug-likeness (QED) is 0.306. The minimum absolute atomic E-state index is 0.105. The summed E-state index contributed by atoms with van der Waals surface area (Å²) in [5, 5.41) is 16.0. The molecule has 0 aliphatic heterocycles. The molecule has 0 bridgehead atoms. The highest BCUT2D eigenvalue weighted by atomic mass is 35.5. The highest BCUT2D eigenvalue weighted by Crippen LogP contribution is 2.28. The number of carbonyl (C=O) groups excluding carboxylic acids is 1. The third-order valence-electron chi connectivity index (χ3n) is 4.96. The zero-order chi connectivity index (χ0) is 23.2. The molecule has 8 heteroatoms. The van der Waals surface area contributed by atoms with E-state index < -0.39 is 0 Å². The highest BCUT2D eigenvalue weighted by molar-refractivity contribution is 8.00. The van der Waals surface area contributed by atoms with Crippen LogP contribution in [-0.4, -0.2) is 25.9 Å². The first-order valence-corrected chi connectivity index (χ1v) is 11.8. The van der Waals surface area contributed by atoms with Gasteiger partial charge in [0.1, 0.15) is 0 Å². The number of aromatic nitrogens is 3. The fourth-order valence-electron chi connectivity index (χ4n) is 3.20. The van der Waals surface area contributed by atoms with Crippen LogP contribution in [0.1, 0.15) is 18.3 Å². The third-order valence-corrected chi connectivity index (χ3v) is 6.24. The van der Waals surface area contributed by atoms with Crippen LogP contribution in [0.3, 0.4) is 0 Å². The molecule has 1 amide bonds. The second kappa shape index (κ2) is 10.6. The molecule has 4 aromatic rings. The van der Waals surface area contributed by atoms with Crippen molar-refractivity contribution < 1.29 is 4.79 Å². The summed E-state index contributed by atoms with van der Waals surface area (Å²) in [5.74, 6) is 0.613. The lowest BCUT2D eigenvalue weighted by Gasteiger charge is -2.14. The molecule has 33 heavy (non-hydrogen) atoms. The van der Waals surface area contributed by atoms with E-state index in [9.17, 15) is 4.79 Å². The second-order valence-electron chi connectivity index (χ2n) is 7.55. The van der Waals surface area contributed by atoms with Gasteiger partial charge in [-0.25, -0.2) is 0 Å². The lowest BCUT2D eigenvalue weighted by molar-refractivity contribution is -0.115. The van der Waals surface area contributed by atoms with Crippen LogP contribution in [-0.2, 0) is 11.3 Å². The van der Waals surface area contributed by atoms with Gasteiger partial charge in [0.15, 0.2) is 11.0 Å². The van der Waals surface area contributed by atoms with E-state index in [0.717, 1.165) is 22.9 Å². The number of aryl methyl sites for hydroxylation is 1. The molecule has 3 aromatic carbocycles. The molecule has 0 aliphatic rings. The van der Waals surface area contributed by atoms with Gasteiger partial charge < -0.3 is 10.6 Å². The van der Waals surface area contributed by atoms with Crippen LogP contribution in [0.15, 0.2) is 84.0 Å². The Labute approximate surface area is 202 Å². The molecule has 1 unspecified atom stereocenters. The summed E-state index contributed by atoms with van der Waals surface area (Å²) in [6, 6.07) is 25.1. The molecule has 0 saturated heterocycles. The average Bonchev–Trinajstić information content (AvgIpc) is 3.21. The largest absolute Gasteiger partial charge is 0.378 e. The standard InChI is InChI=1S/C25H24ClN5OS/c1-17-11-13-20(14-12-17)27-16-23-29-30-25(31(23)22-10-6-7-19(26)15-22)33-18(2)24(32)28-21-8-4-3-5-9-21/h3-15,18,27H,16H2,1-2H3,(H,28,32). The van der Waals surface area contributed by atoms with Gasteiger partial charge in [-0.1, -0.05) is 65.3 Å². The first-order valence-electron chi connectivity index (χ1n) is 10.5. The fourth-order valence-corrected chi connectivity index (χ4v) is 4.27. The Morgan fingerprint density at radius 3 is 2.48 bits per heavy atom. The molecular weight excluding hydrogens is 454 g/mol. The van der Waals surface area contributed by atoms with Crippen molar-refractivity contribution in [2.75, 3.05) is 10.6 Å². The van der Waals surface area contributed by atoms with Crippen molar-refractivity contribution in [3.8, 4) is 5.69 Å². The van der Waals surface area contributed by atoms with Crippen molar-refractivity contribution in [3.05, 3.63) is 95.3 Å². The number of anilines is 2. The Kier molecular flexibility index (Phi) is 7.32. The molecule has 0 saturated carbocycles. The topological polar surface area (TPSA) is 71.8 Å². The summed E-state index contributed by atoms with van der Waals surface area (Å²) in [6.07, 6.45) is 0. The van der Waals surface area contributed by atoms with Gasteiger partial charge in [0.25, 0.3) is 0 Å². The normalized spacial score (nSPS) is 11.7. The summed E-state index contributed by atoms with van der Waals surface area (Å²) >= 11 is 7.61. The Hall–Kier alpha value is -3.29. The predicted molar refractivity (Wildman–Crippen MR) is 135 cm³/mol. The minimum Gasteiger partial charge on any atom is -0.378 e. The molecule has 168 valence electrons. The number of benzene rings is 3. The number of carbonyl (C=O) groups is 1. The SMILES string of the molecule is Cc1ccc(NCc2nnc(SC(C)C(=O)Nc3ccccc3)n2-c2cccc(Cl)c2)cc1. The lowest BCUT2D eigenvalue weighted by atomic mass is 10.2. The number of nitrogens with zero attached hydrogens (tertiary/aromatic N) is 3. The predicted octanol–water partition coefficient (Wildman–Crippen LogP) is 5.96. The number of rotatable bonds is 8. The maximum atomic E-state index is 12.7. The molecule has 0 radical (unpaired) electrons. The first-order chi connectivity index (χ1) is 16.0. The first kappa shape index (κ1) is 22.9. The van der Waals surface area contributed by atoms with Crippen LogP contribution in [0.2, 0.25) is 5.02 Å². The van der Waals surface area contributed by atoms with E-state index in [0.29, 0.717) is 16.7 Å². The third kappa shape index (κ3) is 5.94. The zero-order valence-corrected chi connectivity index (χ0v) is 19.9. The smallest absolute Gasteiger partial charge is 0.237 e. The van der Waals surface area contributed by atoms with Crippen LogP contribution < -0.4 is 10.6 Å². The summed E-state index contributed by atoms with van der Waals surface area (Å²) in [6.45, 7) is 4.37. The van der Waals surface area contributed by atoms with Crippen LogP contribution in [0.4, 0.5) is 11.4 Å². The van der Waals surface area contributed by atoms with Gasteiger partial charge in [0.05, 0.1) is 17.5 Å². The Morgan fingerprint density at radius 2 is 1.76 bits per heavy atom.